The Bertz CT molecular complexity index is 1020. The summed E-state index contributed by atoms with van der Waals surface area (Å²) in [5.74, 6) is -0.328. The summed E-state index contributed by atoms with van der Waals surface area (Å²) in [7, 11) is 0. The molecule has 0 N–H and O–H groups in total. The molecule has 122 valence electrons. The number of halogens is 2. The number of hydrogen-bond acceptors (Lipinski definition) is 2. The van der Waals surface area contributed by atoms with Crippen molar-refractivity contribution in [2.24, 2.45) is 4.99 Å². The van der Waals surface area contributed by atoms with Gasteiger partial charge in [0.2, 0.25) is 0 Å². The van der Waals surface area contributed by atoms with Crippen LogP contribution in [0.4, 0.5) is 0 Å². The second kappa shape index (κ2) is 6.93. The van der Waals surface area contributed by atoms with Crippen molar-refractivity contribution in [3.8, 4) is 0 Å². The first-order chi connectivity index (χ1) is 11.5. The van der Waals surface area contributed by atoms with Gasteiger partial charge in [-0.15, -0.1) is 6.58 Å². The molecule has 0 fully saturated rings. The molecule has 0 saturated heterocycles. The van der Waals surface area contributed by atoms with Crippen LogP contribution in [0.1, 0.15) is 15.9 Å². The van der Waals surface area contributed by atoms with Gasteiger partial charge in [0, 0.05) is 22.2 Å². The lowest BCUT2D eigenvalue weighted by atomic mass is 10.2. The van der Waals surface area contributed by atoms with Gasteiger partial charge in [-0.2, -0.15) is 4.99 Å². The number of benzene rings is 2. The molecular formula is C18H14Cl2N2OS. The number of aromatic nitrogens is 1. The SMILES string of the molecule is C=CCn1c(=NC(=O)c2cccc(Cl)c2)sc2ccc(Cl)c(C)c21. The molecule has 1 amide bonds. The molecule has 24 heavy (non-hydrogen) atoms. The summed E-state index contributed by atoms with van der Waals surface area (Å²) in [6, 6.07) is 10.6. The lowest BCUT2D eigenvalue weighted by Crippen LogP contribution is -2.16. The summed E-state index contributed by atoms with van der Waals surface area (Å²) in [5.41, 5.74) is 2.40. The number of rotatable bonds is 3. The van der Waals surface area contributed by atoms with Gasteiger partial charge >= 0.3 is 0 Å². The Morgan fingerprint density at radius 1 is 1.33 bits per heavy atom. The molecule has 0 aliphatic rings. The molecule has 0 saturated carbocycles. The van der Waals surface area contributed by atoms with Gasteiger partial charge in [-0.1, -0.05) is 46.7 Å². The summed E-state index contributed by atoms with van der Waals surface area (Å²) in [6.45, 7) is 6.29. The first-order valence-corrected chi connectivity index (χ1v) is 8.82. The third kappa shape index (κ3) is 3.18. The maximum atomic E-state index is 12.5. The molecule has 3 aromatic rings. The van der Waals surface area contributed by atoms with E-state index in [2.05, 4.69) is 11.6 Å². The highest BCUT2D eigenvalue weighted by atomic mass is 35.5. The molecule has 0 bridgehead atoms. The molecule has 6 heteroatoms. The third-order valence-electron chi connectivity index (χ3n) is 3.61. The summed E-state index contributed by atoms with van der Waals surface area (Å²) < 4.78 is 2.98. The van der Waals surface area contributed by atoms with E-state index in [-0.39, 0.29) is 5.91 Å². The van der Waals surface area contributed by atoms with E-state index in [0.29, 0.717) is 27.0 Å². The maximum absolute atomic E-state index is 12.5. The number of thiazole rings is 1. The molecule has 1 aromatic heterocycles. The summed E-state index contributed by atoms with van der Waals surface area (Å²) in [5, 5.41) is 1.19. The van der Waals surface area contributed by atoms with Crippen molar-refractivity contribution in [2.45, 2.75) is 13.5 Å². The van der Waals surface area contributed by atoms with Crippen LogP contribution in [0, 0.1) is 6.92 Å². The van der Waals surface area contributed by atoms with Gasteiger partial charge < -0.3 is 4.57 Å². The Labute approximate surface area is 153 Å². The van der Waals surface area contributed by atoms with Gasteiger partial charge in [0.05, 0.1) is 10.2 Å². The van der Waals surface area contributed by atoms with Crippen LogP contribution in [0.25, 0.3) is 10.2 Å². The average molecular weight is 377 g/mol. The Balaban J connectivity index is 2.21. The number of carbonyl (C=O) groups excluding carboxylic acids is 1. The van der Waals surface area contributed by atoms with E-state index in [9.17, 15) is 4.79 Å². The first-order valence-electron chi connectivity index (χ1n) is 7.25. The van der Waals surface area contributed by atoms with Gasteiger partial charge in [0.25, 0.3) is 5.91 Å². The summed E-state index contributed by atoms with van der Waals surface area (Å²) in [6.07, 6.45) is 1.77. The van der Waals surface area contributed by atoms with Crippen LogP contribution < -0.4 is 4.80 Å². The minimum atomic E-state index is -0.328. The highest BCUT2D eigenvalue weighted by molar-refractivity contribution is 7.16. The predicted octanol–water partition coefficient (Wildman–Crippen LogP) is 5.25. The molecule has 3 nitrogen and oxygen atoms in total. The Morgan fingerprint density at radius 2 is 2.12 bits per heavy atom. The van der Waals surface area contributed by atoms with Crippen LogP contribution in [-0.4, -0.2) is 10.5 Å². The molecule has 0 aliphatic heterocycles. The Morgan fingerprint density at radius 3 is 2.83 bits per heavy atom. The molecule has 1 heterocycles. The fraction of sp³-hybridized carbons (Fsp3) is 0.111. The smallest absolute Gasteiger partial charge is 0.279 e. The van der Waals surface area contributed by atoms with Crippen LogP contribution in [0.2, 0.25) is 10.0 Å². The van der Waals surface area contributed by atoms with E-state index in [0.717, 1.165) is 15.8 Å². The quantitative estimate of drug-likeness (QED) is 0.575. The van der Waals surface area contributed by atoms with Gasteiger partial charge in [-0.05, 0) is 42.8 Å². The lowest BCUT2D eigenvalue weighted by molar-refractivity contribution is 0.0998. The van der Waals surface area contributed by atoms with E-state index in [1.165, 1.54) is 11.3 Å². The third-order valence-corrected chi connectivity index (χ3v) is 5.30. The van der Waals surface area contributed by atoms with Crippen molar-refractivity contribution in [1.29, 1.82) is 0 Å². The molecular weight excluding hydrogens is 363 g/mol. The number of nitrogens with zero attached hydrogens (tertiary/aromatic N) is 2. The normalized spacial score (nSPS) is 11.9. The van der Waals surface area contributed by atoms with Crippen molar-refractivity contribution in [3.05, 3.63) is 75.0 Å². The van der Waals surface area contributed by atoms with Crippen molar-refractivity contribution in [1.82, 2.24) is 4.57 Å². The number of allylic oxidation sites excluding steroid dienone is 1. The number of amides is 1. The monoisotopic (exact) mass is 376 g/mol. The van der Waals surface area contributed by atoms with Crippen LogP contribution >= 0.6 is 34.5 Å². The van der Waals surface area contributed by atoms with Gasteiger partial charge in [-0.25, -0.2) is 0 Å². The van der Waals surface area contributed by atoms with Crippen LogP contribution in [-0.2, 0) is 6.54 Å². The second-order valence-corrected chi connectivity index (χ2v) is 7.08. The first kappa shape index (κ1) is 17.0. The average Bonchev–Trinajstić information content (AvgIpc) is 2.90. The van der Waals surface area contributed by atoms with Crippen molar-refractivity contribution in [2.75, 3.05) is 0 Å². The van der Waals surface area contributed by atoms with Gasteiger partial charge in [0.15, 0.2) is 4.80 Å². The van der Waals surface area contributed by atoms with Crippen molar-refractivity contribution in [3.63, 3.8) is 0 Å². The molecule has 3 rings (SSSR count). The fourth-order valence-electron chi connectivity index (χ4n) is 2.47. The molecule has 0 atom stereocenters. The summed E-state index contributed by atoms with van der Waals surface area (Å²) in [4.78, 5) is 17.4. The fourth-order valence-corrected chi connectivity index (χ4v) is 3.91. The zero-order valence-corrected chi connectivity index (χ0v) is 15.3. The van der Waals surface area contributed by atoms with Gasteiger partial charge in [0.1, 0.15) is 0 Å². The number of carbonyl (C=O) groups is 1. The lowest BCUT2D eigenvalue weighted by Gasteiger charge is -2.05. The van der Waals surface area contributed by atoms with Crippen molar-refractivity contribution < 1.29 is 4.79 Å². The molecule has 2 aromatic carbocycles. The Kier molecular flexibility index (Phi) is 4.90. The predicted molar refractivity (Wildman–Crippen MR) is 101 cm³/mol. The van der Waals surface area contributed by atoms with Crippen LogP contribution in [0.15, 0.2) is 54.0 Å². The minimum absolute atomic E-state index is 0.328. The molecule has 0 spiro atoms. The number of hydrogen-bond donors (Lipinski definition) is 0. The highest BCUT2D eigenvalue weighted by Crippen LogP contribution is 2.27. The van der Waals surface area contributed by atoms with Crippen molar-refractivity contribution >= 4 is 50.7 Å². The minimum Gasteiger partial charge on any atom is -0.312 e. The molecule has 0 radical (unpaired) electrons. The zero-order valence-electron chi connectivity index (χ0n) is 12.9. The van der Waals surface area contributed by atoms with E-state index in [1.807, 2.05) is 23.6 Å². The standard InChI is InChI=1S/C18H14Cl2N2OS/c1-3-9-22-16-11(2)14(20)7-8-15(16)24-18(22)21-17(23)12-5-4-6-13(19)10-12/h3-8,10H,1,9H2,2H3. The van der Waals surface area contributed by atoms with Gasteiger partial charge in [-0.3, -0.25) is 4.79 Å². The zero-order chi connectivity index (χ0) is 17.3. The number of fused-ring (bicyclic) bond motifs is 1. The van der Waals surface area contributed by atoms with Crippen LogP contribution in [0.5, 0.6) is 0 Å². The van der Waals surface area contributed by atoms with E-state index < -0.39 is 0 Å². The molecule has 0 aliphatic carbocycles. The van der Waals surface area contributed by atoms with Crippen LogP contribution in [0.3, 0.4) is 0 Å². The maximum Gasteiger partial charge on any atom is 0.279 e. The van der Waals surface area contributed by atoms with E-state index >= 15 is 0 Å². The highest BCUT2D eigenvalue weighted by Gasteiger charge is 2.12. The second-order valence-electron chi connectivity index (χ2n) is 5.23. The molecule has 0 unspecified atom stereocenters. The van der Waals surface area contributed by atoms with E-state index in [4.69, 9.17) is 23.2 Å². The summed E-state index contributed by atoms with van der Waals surface area (Å²) >= 11 is 13.6. The Hall–Kier alpha value is -1.88. The van der Waals surface area contributed by atoms with E-state index in [1.54, 1.807) is 30.3 Å². The topological polar surface area (TPSA) is 34.4 Å². The largest absolute Gasteiger partial charge is 0.312 e. The number of aryl methyl sites for hydroxylation is 1.